The average molecular weight is 233 g/mol. The zero-order valence-electron chi connectivity index (χ0n) is 9.48. The van der Waals surface area contributed by atoms with Gasteiger partial charge in [-0.15, -0.1) is 0 Å². The molecular formula is C13H15NO3. The molecule has 2 rings (SSSR count). The first-order valence-corrected chi connectivity index (χ1v) is 5.77. The summed E-state index contributed by atoms with van der Waals surface area (Å²) in [5.41, 5.74) is 0.959. The number of aromatic carboxylic acids is 1. The number of carboxylic acid groups (broad SMARTS) is 1. The lowest BCUT2D eigenvalue weighted by Crippen LogP contribution is -2.40. The summed E-state index contributed by atoms with van der Waals surface area (Å²) in [6.07, 6.45) is 3.54. The number of carboxylic acids is 1. The van der Waals surface area contributed by atoms with Crippen molar-refractivity contribution < 1.29 is 14.7 Å². The van der Waals surface area contributed by atoms with Crippen molar-refractivity contribution in [2.75, 3.05) is 0 Å². The second-order valence-corrected chi connectivity index (χ2v) is 4.38. The predicted octanol–water partition coefficient (Wildman–Crippen LogP) is 1.60. The molecule has 4 heteroatoms. The maximum absolute atomic E-state index is 11.6. The molecule has 0 heterocycles. The summed E-state index contributed by atoms with van der Waals surface area (Å²) in [5.74, 6) is -0.997. The Morgan fingerprint density at radius 1 is 1.35 bits per heavy atom. The summed E-state index contributed by atoms with van der Waals surface area (Å²) in [4.78, 5) is 22.4. The van der Waals surface area contributed by atoms with E-state index in [0.717, 1.165) is 18.4 Å². The number of amides is 1. The fraction of sp³-hybridized carbons (Fsp3) is 0.385. The normalized spacial score (nSPS) is 15.1. The molecule has 0 bridgehead atoms. The second kappa shape index (κ2) is 4.99. The Labute approximate surface area is 99.6 Å². The molecule has 0 unspecified atom stereocenters. The Morgan fingerprint density at radius 3 is 2.71 bits per heavy atom. The highest BCUT2D eigenvalue weighted by Crippen LogP contribution is 2.18. The summed E-state index contributed by atoms with van der Waals surface area (Å²) in [5, 5.41) is 11.8. The van der Waals surface area contributed by atoms with Crippen LogP contribution >= 0.6 is 0 Å². The molecule has 0 radical (unpaired) electrons. The van der Waals surface area contributed by atoms with Gasteiger partial charge in [-0.25, -0.2) is 4.79 Å². The van der Waals surface area contributed by atoms with E-state index in [4.69, 9.17) is 5.11 Å². The molecule has 2 N–H and O–H groups in total. The van der Waals surface area contributed by atoms with Crippen LogP contribution in [0.2, 0.25) is 0 Å². The highest BCUT2D eigenvalue weighted by atomic mass is 16.4. The predicted molar refractivity (Wildman–Crippen MR) is 62.9 cm³/mol. The van der Waals surface area contributed by atoms with E-state index in [-0.39, 0.29) is 17.9 Å². The SMILES string of the molecule is O=C(Cc1cccc(C(=O)O)c1)NC1CCC1. The van der Waals surface area contributed by atoms with Gasteiger partial charge in [0.1, 0.15) is 0 Å². The summed E-state index contributed by atoms with van der Waals surface area (Å²) < 4.78 is 0. The summed E-state index contributed by atoms with van der Waals surface area (Å²) in [6, 6.07) is 6.82. The average Bonchev–Trinajstić information content (AvgIpc) is 2.24. The van der Waals surface area contributed by atoms with Gasteiger partial charge in [0.25, 0.3) is 0 Å². The fourth-order valence-electron chi connectivity index (χ4n) is 1.83. The number of nitrogens with one attached hydrogen (secondary N) is 1. The lowest BCUT2D eigenvalue weighted by molar-refractivity contribution is -0.121. The summed E-state index contributed by atoms with van der Waals surface area (Å²) >= 11 is 0. The van der Waals surface area contributed by atoms with E-state index in [9.17, 15) is 9.59 Å². The van der Waals surface area contributed by atoms with Gasteiger partial charge in [0, 0.05) is 6.04 Å². The van der Waals surface area contributed by atoms with Gasteiger partial charge in [0.2, 0.25) is 5.91 Å². The Balaban J connectivity index is 1.95. The maximum Gasteiger partial charge on any atom is 0.335 e. The largest absolute Gasteiger partial charge is 0.478 e. The van der Waals surface area contributed by atoms with Crippen molar-refractivity contribution in [3.05, 3.63) is 35.4 Å². The monoisotopic (exact) mass is 233 g/mol. The number of carbonyl (C=O) groups is 2. The number of benzene rings is 1. The Morgan fingerprint density at radius 2 is 2.12 bits per heavy atom. The molecule has 1 fully saturated rings. The van der Waals surface area contributed by atoms with E-state index in [0.29, 0.717) is 6.04 Å². The van der Waals surface area contributed by atoms with Crippen LogP contribution in [0.5, 0.6) is 0 Å². The molecule has 0 spiro atoms. The molecule has 1 saturated carbocycles. The maximum atomic E-state index is 11.6. The molecule has 17 heavy (non-hydrogen) atoms. The minimum absolute atomic E-state index is 0.0303. The van der Waals surface area contributed by atoms with E-state index in [1.165, 1.54) is 12.5 Å². The highest BCUT2D eigenvalue weighted by Gasteiger charge is 2.19. The molecule has 90 valence electrons. The fourth-order valence-corrected chi connectivity index (χ4v) is 1.83. The van der Waals surface area contributed by atoms with Gasteiger partial charge in [0.05, 0.1) is 12.0 Å². The van der Waals surface area contributed by atoms with Crippen LogP contribution in [0, 0.1) is 0 Å². The Bertz CT molecular complexity index is 438. The van der Waals surface area contributed by atoms with Crippen LogP contribution in [0.15, 0.2) is 24.3 Å². The lowest BCUT2D eigenvalue weighted by atomic mass is 9.93. The van der Waals surface area contributed by atoms with E-state index in [1.54, 1.807) is 18.2 Å². The number of carbonyl (C=O) groups excluding carboxylic acids is 1. The smallest absolute Gasteiger partial charge is 0.335 e. The van der Waals surface area contributed by atoms with Crippen LogP contribution in [-0.2, 0) is 11.2 Å². The topological polar surface area (TPSA) is 66.4 Å². The van der Waals surface area contributed by atoms with Crippen LogP contribution in [0.25, 0.3) is 0 Å². The van der Waals surface area contributed by atoms with Gasteiger partial charge in [-0.2, -0.15) is 0 Å². The zero-order chi connectivity index (χ0) is 12.3. The van der Waals surface area contributed by atoms with Gasteiger partial charge in [-0.1, -0.05) is 12.1 Å². The van der Waals surface area contributed by atoms with Crippen LogP contribution in [0.4, 0.5) is 0 Å². The molecule has 1 aromatic rings. The second-order valence-electron chi connectivity index (χ2n) is 4.38. The summed E-state index contributed by atoms with van der Waals surface area (Å²) in [7, 11) is 0. The minimum Gasteiger partial charge on any atom is -0.478 e. The van der Waals surface area contributed by atoms with Crippen molar-refractivity contribution in [1.82, 2.24) is 5.32 Å². The number of hydrogen-bond donors (Lipinski definition) is 2. The molecule has 1 amide bonds. The van der Waals surface area contributed by atoms with E-state index < -0.39 is 5.97 Å². The van der Waals surface area contributed by atoms with Crippen molar-refractivity contribution in [2.24, 2.45) is 0 Å². The van der Waals surface area contributed by atoms with Crippen LogP contribution in [-0.4, -0.2) is 23.0 Å². The Hall–Kier alpha value is -1.84. The first kappa shape index (κ1) is 11.6. The summed E-state index contributed by atoms with van der Waals surface area (Å²) in [6.45, 7) is 0. The Kier molecular flexibility index (Phi) is 3.42. The van der Waals surface area contributed by atoms with Crippen molar-refractivity contribution in [2.45, 2.75) is 31.7 Å². The molecule has 4 nitrogen and oxygen atoms in total. The van der Waals surface area contributed by atoms with Crippen LogP contribution in [0.3, 0.4) is 0 Å². The third-order valence-electron chi connectivity index (χ3n) is 3.01. The zero-order valence-corrected chi connectivity index (χ0v) is 9.48. The third-order valence-corrected chi connectivity index (χ3v) is 3.01. The highest BCUT2D eigenvalue weighted by molar-refractivity contribution is 5.88. The third kappa shape index (κ3) is 3.06. The minimum atomic E-state index is -0.966. The van der Waals surface area contributed by atoms with Crippen molar-refractivity contribution in [1.29, 1.82) is 0 Å². The van der Waals surface area contributed by atoms with Crippen molar-refractivity contribution in [3.63, 3.8) is 0 Å². The molecule has 0 aliphatic heterocycles. The molecule has 1 aliphatic rings. The standard InChI is InChI=1S/C13H15NO3/c15-12(14-11-5-2-6-11)8-9-3-1-4-10(7-9)13(16)17/h1,3-4,7,11H,2,5-6,8H2,(H,14,15)(H,16,17). The van der Waals surface area contributed by atoms with Crippen LogP contribution in [0.1, 0.15) is 35.2 Å². The van der Waals surface area contributed by atoms with Gasteiger partial charge in [-0.3, -0.25) is 4.79 Å². The molecule has 1 aliphatic carbocycles. The quantitative estimate of drug-likeness (QED) is 0.830. The van der Waals surface area contributed by atoms with E-state index >= 15 is 0 Å². The van der Waals surface area contributed by atoms with Gasteiger partial charge in [0.15, 0.2) is 0 Å². The molecule has 0 atom stereocenters. The number of hydrogen-bond acceptors (Lipinski definition) is 2. The lowest BCUT2D eigenvalue weighted by Gasteiger charge is -2.26. The van der Waals surface area contributed by atoms with Gasteiger partial charge in [-0.05, 0) is 37.0 Å². The van der Waals surface area contributed by atoms with Gasteiger partial charge >= 0.3 is 5.97 Å². The molecular weight excluding hydrogens is 218 g/mol. The van der Waals surface area contributed by atoms with E-state index in [2.05, 4.69) is 5.32 Å². The van der Waals surface area contributed by atoms with Crippen molar-refractivity contribution >= 4 is 11.9 Å². The van der Waals surface area contributed by atoms with E-state index in [1.807, 2.05) is 0 Å². The molecule has 0 saturated heterocycles. The number of rotatable bonds is 4. The van der Waals surface area contributed by atoms with Gasteiger partial charge < -0.3 is 10.4 Å². The first-order valence-electron chi connectivity index (χ1n) is 5.77. The molecule has 1 aromatic carbocycles. The molecule has 0 aromatic heterocycles. The van der Waals surface area contributed by atoms with Crippen LogP contribution < -0.4 is 5.32 Å². The van der Waals surface area contributed by atoms with Crippen molar-refractivity contribution in [3.8, 4) is 0 Å². The first-order chi connectivity index (χ1) is 8.15.